The second kappa shape index (κ2) is 9.03. The standard InChI is InChI=1S/C18H25ClN2O5S/c1-3-12(2)16(18(23)24)20-17(22)13-5-4-10-21(11-13)27(25,26)15-8-6-14(19)7-9-15/h6-9,12-13,16H,3-5,10-11H2,1-2H3,(H,20,22)(H,23,24)/t12?,13?,16-/m1/s1. The number of carbonyl (C=O) groups is 2. The maximum Gasteiger partial charge on any atom is 0.326 e. The highest BCUT2D eigenvalue weighted by Crippen LogP contribution is 2.25. The van der Waals surface area contributed by atoms with Crippen molar-refractivity contribution in [3.8, 4) is 0 Å². The van der Waals surface area contributed by atoms with Gasteiger partial charge >= 0.3 is 5.97 Å². The largest absolute Gasteiger partial charge is 0.480 e. The lowest BCUT2D eigenvalue weighted by Gasteiger charge is -2.32. The van der Waals surface area contributed by atoms with Gasteiger partial charge in [-0.2, -0.15) is 4.31 Å². The van der Waals surface area contributed by atoms with Crippen LogP contribution in [0.5, 0.6) is 0 Å². The molecule has 1 heterocycles. The molecule has 9 heteroatoms. The lowest BCUT2D eigenvalue weighted by molar-refractivity contribution is -0.144. The normalized spacial score (nSPS) is 20.6. The molecular weight excluding hydrogens is 392 g/mol. The topological polar surface area (TPSA) is 104 Å². The molecule has 7 nitrogen and oxygen atoms in total. The zero-order chi connectivity index (χ0) is 20.2. The Morgan fingerprint density at radius 1 is 1.33 bits per heavy atom. The van der Waals surface area contributed by atoms with Crippen molar-refractivity contribution in [1.29, 1.82) is 0 Å². The van der Waals surface area contributed by atoms with Crippen LogP contribution < -0.4 is 5.32 Å². The Morgan fingerprint density at radius 3 is 2.52 bits per heavy atom. The number of hydrogen-bond acceptors (Lipinski definition) is 4. The number of aliphatic carboxylic acids is 1. The number of carbonyl (C=O) groups excluding carboxylic acids is 1. The molecule has 0 spiro atoms. The van der Waals surface area contributed by atoms with Gasteiger partial charge in [0.05, 0.1) is 10.8 Å². The molecular formula is C18H25ClN2O5S. The fourth-order valence-electron chi connectivity index (χ4n) is 3.08. The van der Waals surface area contributed by atoms with Gasteiger partial charge < -0.3 is 10.4 Å². The summed E-state index contributed by atoms with van der Waals surface area (Å²) in [6.07, 6.45) is 1.66. The third kappa shape index (κ3) is 5.21. The van der Waals surface area contributed by atoms with E-state index < -0.39 is 33.9 Å². The van der Waals surface area contributed by atoms with Crippen molar-refractivity contribution in [2.45, 2.75) is 44.0 Å². The predicted octanol–water partition coefficient (Wildman–Crippen LogP) is 2.36. The van der Waals surface area contributed by atoms with Gasteiger partial charge in [0.2, 0.25) is 15.9 Å². The van der Waals surface area contributed by atoms with Gasteiger partial charge in [0.1, 0.15) is 6.04 Å². The highest BCUT2D eigenvalue weighted by atomic mass is 35.5. The number of carboxylic acid groups (broad SMARTS) is 1. The molecule has 1 aliphatic rings. The van der Waals surface area contributed by atoms with Gasteiger partial charge in [-0.05, 0) is 43.0 Å². The molecule has 150 valence electrons. The molecule has 3 atom stereocenters. The highest BCUT2D eigenvalue weighted by molar-refractivity contribution is 7.89. The van der Waals surface area contributed by atoms with Gasteiger partial charge in [-0.25, -0.2) is 13.2 Å². The Bertz CT molecular complexity index is 781. The number of nitrogens with zero attached hydrogens (tertiary/aromatic N) is 1. The number of halogens is 1. The maximum atomic E-state index is 12.8. The predicted molar refractivity (Wildman–Crippen MR) is 102 cm³/mol. The molecule has 1 amide bonds. The number of rotatable bonds is 7. The third-order valence-electron chi connectivity index (χ3n) is 4.98. The van der Waals surface area contributed by atoms with Gasteiger partial charge in [-0.1, -0.05) is 31.9 Å². The number of amides is 1. The minimum Gasteiger partial charge on any atom is -0.480 e. The summed E-state index contributed by atoms with van der Waals surface area (Å²) < 4.78 is 26.9. The fraction of sp³-hybridized carbons (Fsp3) is 0.556. The van der Waals surface area contributed by atoms with Crippen LogP contribution in [0.1, 0.15) is 33.1 Å². The van der Waals surface area contributed by atoms with E-state index in [2.05, 4.69) is 5.32 Å². The molecule has 1 saturated heterocycles. The quantitative estimate of drug-likeness (QED) is 0.710. The molecule has 0 aromatic heterocycles. The average molecular weight is 417 g/mol. The number of hydrogen-bond donors (Lipinski definition) is 2. The lowest BCUT2D eigenvalue weighted by Crippen LogP contribution is -2.51. The first kappa shape index (κ1) is 21.7. The molecule has 0 bridgehead atoms. The van der Waals surface area contributed by atoms with Crippen LogP contribution in [0.15, 0.2) is 29.2 Å². The first-order valence-corrected chi connectivity index (χ1v) is 10.8. The van der Waals surface area contributed by atoms with Crippen LogP contribution in [0.3, 0.4) is 0 Å². The van der Waals surface area contributed by atoms with E-state index in [1.54, 1.807) is 6.92 Å². The molecule has 1 aromatic rings. The summed E-state index contributed by atoms with van der Waals surface area (Å²) in [6.45, 7) is 3.97. The molecule has 2 unspecified atom stereocenters. The van der Waals surface area contributed by atoms with Crippen molar-refractivity contribution in [3.05, 3.63) is 29.3 Å². The summed E-state index contributed by atoms with van der Waals surface area (Å²) in [6, 6.07) is 4.90. The molecule has 2 N–H and O–H groups in total. The van der Waals surface area contributed by atoms with Crippen molar-refractivity contribution >= 4 is 33.5 Å². The van der Waals surface area contributed by atoms with Gasteiger partial charge in [-0.15, -0.1) is 0 Å². The number of sulfonamides is 1. The third-order valence-corrected chi connectivity index (χ3v) is 7.11. The molecule has 1 aromatic carbocycles. The maximum absolute atomic E-state index is 12.8. The van der Waals surface area contributed by atoms with E-state index in [4.69, 9.17) is 11.6 Å². The fourth-order valence-corrected chi connectivity index (χ4v) is 4.73. The van der Waals surface area contributed by atoms with Crippen LogP contribution in [0.25, 0.3) is 0 Å². The Labute approximate surface area is 164 Å². The van der Waals surface area contributed by atoms with Crippen molar-refractivity contribution in [1.82, 2.24) is 9.62 Å². The number of carboxylic acids is 1. The zero-order valence-corrected chi connectivity index (χ0v) is 17.0. The van der Waals surface area contributed by atoms with Crippen LogP contribution in [0.4, 0.5) is 0 Å². The number of piperidine rings is 1. The summed E-state index contributed by atoms with van der Waals surface area (Å²) in [5, 5.41) is 12.4. The summed E-state index contributed by atoms with van der Waals surface area (Å²) in [4.78, 5) is 24.1. The van der Waals surface area contributed by atoms with E-state index in [0.717, 1.165) is 0 Å². The lowest BCUT2D eigenvalue weighted by atomic mass is 9.95. The second-order valence-corrected chi connectivity index (χ2v) is 9.24. The molecule has 1 fully saturated rings. The zero-order valence-electron chi connectivity index (χ0n) is 15.4. The van der Waals surface area contributed by atoms with Gasteiger partial charge in [0.25, 0.3) is 0 Å². The summed E-state index contributed by atoms with van der Waals surface area (Å²) >= 11 is 5.81. The molecule has 2 rings (SSSR count). The van der Waals surface area contributed by atoms with Gasteiger partial charge in [0.15, 0.2) is 0 Å². The van der Waals surface area contributed by atoms with Gasteiger partial charge in [0, 0.05) is 18.1 Å². The molecule has 0 saturated carbocycles. The highest BCUT2D eigenvalue weighted by Gasteiger charge is 2.35. The van der Waals surface area contributed by atoms with Crippen LogP contribution in [0.2, 0.25) is 5.02 Å². The number of nitrogens with one attached hydrogen (secondary N) is 1. The van der Waals surface area contributed by atoms with Gasteiger partial charge in [-0.3, -0.25) is 4.79 Å². The molecule has 27 heavy (non-hydrogen) atoms. The second-order valence-electron chi connectivity index (χ2n) is 6.87. The molecule has 0 radical (unpaired) electrons. The Morgan fingerprint density at radius 2 is 1.96 bits per heavy atom. The summed E-state index contributed by atoms with van der Waals surface area (Å²) in [5.74, 6) is -2.30. The SMILES string of the molecule is CCC(C)[C@@H](NC(=O)C1CCCN(S(=O)(=O)c2ccc(Cl)cc2)C1)C(=O)O. The van der Waals surface area contributed by atoms with E-state index >= 15 is 0 Å². The van der Waals surface area contributed by atoms with E-state index in [-0.39, 0.29) is 17.4 Å². The first-order chi connectivity index (χ1) is 12.7. The van der Waals surface area contributed by atoms with E-state index in [1.165, 1.54) is 28.6 Å². The van der Waals surface area contributed by atoms with E-state index in [0.29, 0.717) is 30.8 Å². The Balaban J connectivity index is 2.11. The van der Waals surface area contributed by atoms with Crippen LogP contribution in [-0.4, -0.2) is 48.8 Å². The van der Waals surface area contributed by atoms with Crippen molar-refractivity contribution in [3.63, 3.8) is 0 Å². The summed E-state index contributed by atoms with van der Waals surface area (Å²) in [5.41, 5.74) is 0. The average Bonchev–Trinajstić information content (AvgIpc) is 2.65. The first-order valence-electron chi connectivity index (χ1n) is 8.95. The van der Waals surface area contributed by atoms with Crippen molar-refractivity contribution in [2.75, 3.05) is 13.1 Å². The van der Waals surface area contributed by atoms with Crippen molar-refractivity contribution in [2.24, 2.45) is 11.8 Å². The minimum absolute atomic E-state index is 0.0314. The molecule has 0 aliphatic carbocycles. The molecule has 1 aliphatic heterocycles. The smallest absolute Gasteiger partial charge is 0.326 e. The van der Waals surface area contributed by atoms with Crippen molar-refractivity contribution < 1.29 is 23.1 Å². The van der Waals surface area contributed by atoms with Crippen LogP contribution in [-0.2, 0) is 19.6 Å². The minimum atomic E-state index is -3.73. The monoisotopic (exact) mass is 416 g/mol. The Kier molecular flexibility index (Phi) is 7.25. The van der Waals surface area contributed by atoms with Crippen LogP contribution >= 0.6 is 11.6 Å². The Hall–Kier alpha value is -1.64. The van der Waals surface area contributed by atoms with E-state index in [1.807, 2.05) is 6.92 Å². The summed E-state index contributed by atoms with van der Waals surface area (Å²) in [7, 11) is -3.73. The van der Waals surface area contributed by atoms with Crippen LogP contribution in [0, 0.1) is 11.8 Å². The van der Waals surface area contributed by atoms with E-state index in [9.17, 15) is 23.1 Å². The number of benzene rings is 1.